The van der Waals surface area contributed by atoms with Crippen LogP contribution in [0.1, 0.15) is 33.6 Å². The van der Waals surface area contributed by atoms with E-state index in [1.165, 1.54) is 6.92 Å². The summed E-state index contributed by atoms with van der Waals surface area (Å²) in [5.74, 6) is -1.38. The van der Waals surface area contributed by atoms with E-state index in [-0.39, 0.29) is 5.56 Å². The van der Waals surface area contributed by atoms with Crippen molar-refractivity contribution in [2.75, 3.05) is 0 Å². The number of aryl methyl sites for hydroxylation is 1. The Morgan fingerprint density at radius 2 is 2.07 bits per heavy atom. The van der Waals surface area contributed by atoms with E-state index in [4.69, 9.17) is 5.11 Å². The minimum absolute atomic E-state index is 0.236. The molecule has 0 amide bonds. The summed E-state index contributed by atoms with van der Waals surface area (Å²) in [6, 6.07) is 0. The summed E-state index contributed by atoms with van der Waals surface area (Å²) >= 11 is 0. The molecule has 1 aromatic heterocycles. The number of alkyl halides is 2. The fourth-order valence-corrected chi connectivity index (χ4v) is 1.18. The molecule has 5 heteroatoms. The molecule has 0 radical (unpaired) electrons. The smallest absolute Gasteiger partial charge is 0.337 e. The molecule has 0 aromatic carbocycles. The van der Waals surface area contributed by atoms with E-state index in [9.17, 15) is 13.6 Å². The van der Waals surface area contributed by atoms with E-state index in [0.29, 0.717) is 5.69 Å². The molecule has 1 rings (SSSR count). The molecule has 0 aliphatic rings. The molecule has 0 atom stereocenters. The van der Waals surface area contributed by atoms with Gasteiger partial charge in [-0.1, -0.05) is 0 Å². The summed E-state index contributed by atoms with van der Waals surface area (Å²) in [5, 5.41) is 8.66. The van der Waals surface area contributed by atoms with Crippen molar-refractivity contribution in [2.45, 2.75) is 20.3 Å². The van der Waals surface area contributed by atoms with Crippen LogP contribution in [0.5, 0.6) is 0 Å². The molecule has 0 bridgehead atoms. The zero-order valence-electron chi connectivity index (χ0n) is 7.71. The third kappa shape index (κ3) is 1.71. The number of aromatic nitrogens is 1. The highest BCUT2D eigenvalue weighted by atomic mass is 19.3. The van der Waals surface area contributed by atoms with Gasteiger partial charge < -0.3 is 5.11 Å². The van der Waals surface area contributed by atoms with Gasteiger partial charge in [0.25, 0.3) is 6.43 Å². The van der Waals surface area contributed by atoms with Gasteiger partial charge in [-0.2, -0.15) is 0 Å². The standard InChI is InChI=1S/C9H9F2NO2/c1-4-5(2)12-3-6(9(13)14)7(4)8(10)11/h3,8H,1-2H3,(H,13,14). The first-order valence-electron chi connectivity index (χ1n) is 3.92. The molecule has 1 N–H and O–H groups in total. The average Bonchev–Trinajstić information content (AvgIpc) is 2.08. The Balaban J connectivity index is 3.45. The van der Waals surface area contributed by atoms with E-state index in [2.05, 4.69) is 4.98 Å². The van der Waals surface area contributed by atoms with Gasteiger partial charge in [-0.15, -0.1) is 0 Å². The first-order chi connectivity index (χ1) is 6.45. The summed E-state index contributed by atoms with van der Waals surface area (Å²) in [4.78, 5) is 14.3. The molecule has 76 valence electrons. The first-order valence-corrected chi connectivity index (χ1v) is 3.92. The number of aromatic carboxylic acids is 1. The maximum atomic E-state index is 12.5. The van der Waals surface area contributed by atoms with Crippen LogP contribution in [0.25, 0.3) is 0 Å². The van der Waals surface area contributed by atoms with Crippen molar-refractivity contribution in [1.82, 2.24) is 4.98 Å². The molecule has 1 aromatic rings. The van der Waals surface area contributed by atoms with E-state index < -0.39 is 23.5 Å². The fraction of sp³-hybridized carbons (Fsp3) is 0.333. The van der Waals surface area contributed by atoms with Gasteiger partial charge in [0.1, 0.15) is 0 Å². The van der Waals surface area contributed by atoms with Crippen LogP contribution in [0.2, 0.25) is 0 Å². The van der Waals surface area contributed by atoms with Crippen LogP contribution in [0, 0.1) is 13.8 Å². The van der Waals surface area contributed by atoms with E-state index >= 15 is 0 Å². The summed E-state index contributed by atoms with van der Waals surface area (Å²) in [5.41, 5.74) is -0.210. The molecule has 0 aliphatic carbocycles. The number of pyridine rings is 1. The average molecular weight is 201 g/mol. The SMILES string of the molecule is Cc1ncc(C(=O)O)c(C(F)F)c1C. The summed E-state index contributed by atoms with van der Waals surface area (Å²) in [6.07, 6.45) is -1.82. The zero-order valence-corrected chi connectivity index (χ0v) is 7.71. The van der Waals surface area contributed by atoms with Gasteiger partial charge in [-0.05, 0) is 19.4 Å². The Kier molecular flexibility index (Phi) is 2.78. The number of halogens is 2. The molecular weight excluding hydrogens is 192 g/mol. The minimum atomic E-state index is -2.79. The lowest BCUT2D eigenvalue weighted by Gasteiger charge is -2.09. The predicted molar refractivity (Wildman–Crippen MR) is 45.6 cm³/mol. The number of carboxylic acid groups (broad SMARTS) is 1. The number of rotatable bonds is 2. The lowest BCUT2D eigenvalue weighted by molar-refractivity contribution is 0.0683. The maximum absolute atomic E-state index is 12.5. The molecule has 0 fully saturated rings. The molecule has 0 saturated heterocycles. The molecule has 0 saturated carbocycles. The third-order valence-corrected chi connectivity index (χ3v) is 2.07. The highest BCUT2D eigenvalue weighted by Crippen LogP contribution is 2.27. The van der Waals surface area contributed by atoms with Crippen LogP contribution in [0.15, 0.2) is 6.20 Å². The molecule has 0 spiro atoms. The largest absolute Gasteiger partial charge is 0.478 e. The molecule has 14 heavy (non-hydrogen) atoms. The second-order valence-electron chi connectivity index (χ2n) is 2.90. The second kappa shape index (κ2) is 3.69. The quantitative estimate of drug-likeness (QED) is 0.798. The summed E-state index contributed by atoms with van der Waals surface area (Å²) in [6.45, 7) is 3.00. The molecule has 1 heterocycles. The second-order valence-corrected chi connectivity index (χ2v) is 2.90. The zero-order chi connectivity index (χ0) is 10.9. The lowest BCUT2D eigenvalue weighted by Crippen LogP contribution is -2.07. The summed E-state index contributed by atoms with van der Waals surface area (Å²) < 4.78 is 25.1. The molecule has 3 nitrogen and oxygen atoms in total. The van der Waals surface area contributed by atoms with Gasteiger partial charge in [0, 0.05) is 17.5 Å². The number of hydrogen-bond donors (Lipinski definition) is 1. The molecular formula is C9H9F2NO2. The molecule has 0 unspecified atom stereocenters. The van der Waals surface area contributed by atoms with Gasteiger partial charge in [0.2, 0.25) is 0 Å². The van der Waals surface area contributed by atoms with Crippen LogP contribution in [-0.4, -0.2) is 16.1 Å². The number of carbonyl (C=O) groups is 1. The predicted octanol–water partition coefficient (Wildman–Crippen LogP) is 2.33. The van der Waals surface area contributed by atoms with Crippen molar-refractivity contribution in [1.29, 1.82) is 0 Å². The third-order valence-electron chi connectivity index (χ3n) is 2.07. The van der Waals surface area contributed by atoms with Gasteiger partial charge in [0.15, 0.2) is 0 Å². The van der Waals surface area contributed by atoms with Crippen LogP contribution in [0.4, 0.5) is 8.78 Å². The Hall–Kier alpha value is -1.52. The van der Waals surface area contributed by atoms with Crippen molar-refractivity contribution in [3.63, 3.8) is 0 Å². The van der Waals surface area contributed by atoms with E-state index in [1.807, 2.05) is 0 Å². The Labute approximate surface area is 79.4 Å². The maximum Gasteiger partial charge on any atom is 0.337 e. The van der Waals surface area contributed by atoms with Gasteiger partial charge in [-0.25, -0.2) is 13.6 Å². The van der Waals surface area contributed by atoms with Crippen molar-refractivity contribution in [3.8, 4) is 0 Å². The first kappa shape index (κ1) is 10.6. The van der Waals surface area contributed by atoms with Crippen LogP contribution < -0.4 is 0 Å². The van der Waals surface area contributed by atoms with Crippen molar-refractivity contribution in [2.24, 2.45) is 0 Å². The van der Waals surface area contributed by atoms with Crippen LogP contribution >= 0.6 is 0 Å². The van der Waals surface area contributed by atoms with Gasteiger partial charge in [-0.3, -0.25) is 4.98 Å². The highest BCUT2D eigenvalue weighted by Gasteiger charge is 2.21. The number of carboxylic acids is 1. The Bertz CT molecular complexity index is 377. The topological polar surface area (TPSA) is 50.2 Å². The molecule has 0 aliphatic heterocycles. The van der Waals surface area contributed by atoms with Gasteiger partial charge >= 0.3 is 5.97 Å². The van der Waals surface area contributed by atoms with Crippen molar-refractivity contribution in [3.05, 3.63) is 28.6 Å². The number of hydrogen-bond acceptors (Lipinski definition) is 2. The normalized spacial score (nSPS) is 10.6. The Morgan fingerprint density at radius 3 is 2.50 bits per heavy atom. The van der Waals surface area contributed by atoms with E-state index in [1.54, 1.807) is 6.92 Å². The van der Waals surface area contributed by atoms with Crippen molar-refractivity contribution >= 4 is 5.97 Å². The summed E-state index contributed by atoms with van der Waals surface area (Å²) in [7, 11) is 0. The van der Waals surface area contributed by atoms with Gasteiger partial charge in [0.05, 0.1) is 5.56 Å². The fourth-order valence-electron chi connectivity index (χ4n) is 1.18. The van der Waals surface area contributed by atoms with Crippen molar-refractivity contribution < 1.29 is 18.7 Å². The minimum Gasteiger partial charge on any atom is -0.478 e. The van der Waals surface area contributed by atoms with Crippen LogP contribution in [-0.2, 0) is 0 Å². The van der Waals surface area contributed by atoms with Crippen LogP contribution in [0.3, 0.4) is 0 Å². The van der Waals surface area contributed by atoms with E-state index in [0.717, 1.165) is 6.20 Å². The highest BCUT2D eigenvalue weighted by molar-refractivity contribution is 5.89. The lowest BCUT2D eigenvalue weighted by atomic mass is 10.0. The Morgan fingerprint density at radius 1 is 1.50 bits per heavy atom. The number of nitrogens with zero attached hydrogens (tertiary/aromatic N) is 1. The monoisotopic (exact) mass is 201 g/mol.